The molecule has 21 heavy (non-hydrogen) atoms. The van der Waals surface area contributed by atoms with Crippen molar-refractivity contribution in [2.24, 2.45) is 5.84 Å². The molecule has 0 fully saturated rings. The fourth-order valence-electron chi connectivity index (χ4n) is 2.28. The van der Waals surface area contributed by atoms with Crippen LogP contribution in [0.3, 0.4) is 0 Å². The summed E-state index contributed by atoms with van der Waals surface area (Å²) in [7, 11) is 0. The number of nitrogens with two attached hydrogens (primary N) is 1. The third-order valence-electron chi connectivity index (χ3n) is 3.35. The Morgan fingerprint density at radius 3 is 2.24 bits per heavy atom. The molecule has 3 N–H and O–H groups in total. The second-order valence-electron chi connectivity index (χ2n) is 4.95. The van der Waals surface area contributed by atoms with Gasteiger partial charge in [0.25, 0.3) is 0 Å². The molecular formula is C15H23F3N2O. The van der Waals surface area contributed by atoms with Crippen LogP contribution in [0.4, 0.5) is 13.2 Å². The maximum atomic E-state index is 12.5. The number of nitrogens with one attached hydrogen (secondary N) is 1. The molecule has 6 heteroatoms. The van der Waals surface area contributed by atoms with Crippen LogP contribution in [0.1, 0.15) is 37.8 Å². The average molecular weight is 304 g/mol. The first-order valence-electron chi connectivity index (χ1n) is 7.16. The van der Waals surface area contributed by atoms with E-state index in [-0.39, 0.29) is 12.1 Å². The summed E-state index contributed by atoms with van der Waals surface area (Å²) in [5, 5.41) is 0. The highest BCUT2D eigenvalue weighted by Gasteiger charge is 2.30. The predicted octanol–water partition coefficient (Wildman–Crippen LogP) is 3.29. The van der Waals surface area contributed by atoms with Gasteiger partial charge in [0, 0.05) is 6.61 Å². The van der Waals surface area contributed by atoms with Crippen molar-refractivity contribution in [3.05, 3.63) is 35.4 Å². The van der Waals surface area contributed by atoms with Crippen molar-refractivity contribution < 1.29 is 17.9 Å². The molecule has 3 nitrogen and oxygen atoms in total. The van der Waals surface area contributed by atoms with Gasteiger partial charge < -0.3 is 4.74 Å². The smallest absolute Gasteiger partial charge is 0.377 e. The van der Waals surface area contributed by atoms with Crippen LogP contribution in [0.5, 0.6) is 0 Å². The minimum Gasteiger partial charge on any atom is -0.377 e. The highest BCUT2D eigenvalue weighted by atomic mass is 19.4. The normalized spacial score (nSPS) is 15.0. The Balaban J connectivity index is 2.76. The van der Waals surface area contributed by atoms with E-state index >= 15 is 0 Å². The summed E-state index contributed by atoms with van der Waals surface area (Å²) in [4.78, 5) is 0. The quantitative estimate of drug-likeness (QED) is 0.572. The van der Waals surface area contributed by atoms with Crippen LogP contribution in [0.25, 0.3) is 0 Å². The van der Waals surface area contributed by atoms with Gasteiger partial charge in [0.05, 0.1) is 17.7 Å². The van der Waals surface area contributed by atoms with Gasteiger partial charge in [-0.1, -0.05) is 25.5 Å². The van der Waals surface area contributed by atoms with E-state index in [0.717, 1.165) is 30.5 Å². The minimum absolute atomic E-state index is 0.0488. The number of hydrogen-bond acceptors (Lipinski definition) is 3. The zero-order valence-electron chi connectivity index (χ0n) is 12.4. The lowest BCUT2D eigenvalue weighted by atomic mass is 9.98. The zero-order chi connectivity index (χ0) is 15.9. The predicted molar refractivity (Wildman–Crippen MR) is 76.6 cm³/mol. The number of alkyl halides is 3. The van der Waals surface area contributed by atoms with Crippen molar-refractivity contribution in [3.63, 3.8) is 0 Å². The molecule has 1 aromatic carbocycles. The number of hydrogen-bond donors (Lipinski definition) is 2. The molecule has 0 heterocycles. The molecule has 0 aliphatic rings. The van der Waals surface area contributed by atoms with Gasteiger partial charge in [-0.15, -0.1) is 0 Å². The standard InChI is InChI=1S/C15H23F3N2O/c1-3-5-14(21-4-2)13(20-19)10-11-6-8-12(9-7-11)15(16,17)18/h6-9,13-14,20H,3-5,10,19H2,1-2H3. The first kappa shape index (κ1) is 17.9. The highest BCUT2D eigenvalue weighted by molar-refractivity contribution is 5.25. The summed E-state index contributed by atoms with van der Waals surface area (Å²) >= 11 is 0. The molecule has 0 saturated heterocycles. The van der Waals surface area contributed by atoms with Crippen LogP contribution in [0, 0.1) is 0 Å². The second-order valence-corrected chi connectivity index (χ2v) is 4.95. The summed E-state index contributed by atoms with van der Waals surface area (Å²) in [5.74, 6) is 5.57. The van der Waals surface area contributed by atoms with Crippen LogP contribution in [0.2, 0.25) is 0 Å². The second kappa shape index (κ2) is 8.36. The Labute approximate surface area is 123 Å². The molecule has 0 radical (unpaired) electrons. The largest absolute Gasteiger partial charge is 0.416 e. The molecular weight excluding hydrogens is 281 g/mol. The third kappa shape index (κ3) is 5.65. The molecule has 2 unspecified atom stereocenters. The Morgan fingerprint density at radius 2 is 1.81 bits per heavy atom. The molecule has 0 saturated carbocycles. The van der Waals surface area contributed by atoms with E-state index in [9.17, 15) is 13.2 Å². The number of halogens is 3. The Hall–Kier alpha value is -1.11. The van der Waals surface area contributed by atoms with Crippen molar-refractivity contribution in [3.8, 4) is 0 Å². The van der Waals surface area contributed by atoms with E-state index in [1.807, 2.05) is 6.92 Å². The van der Waals surface area contributed by atoms with Crippen LogP contribution >= 0.6 is 0 Å². The van der Waals surface area contributed by atoms with Crippen LogP contribution in [-0.2, 0) is 17.3 Å². The van der Waals surface area contributed by atoms with E-state index in [1.165, 1.54) is 12.1 Å². The van der Waals surface area contributed by atoms with Gasteiger partial charge in [0.2, 0.25) is 0 Å². The van der Waals surface area contributed by atoms with Gasteiger partial charge in [-0.25, -0.2) is 0 Å². The van der Waals surface area contributed by atoms with Gasteiger partial charge in [0.1, 0.15) is 0 Å². The molecule has 1 aromatic rings. The van der Waals surface area contributed by atoms with Crippen molar-refractivity contribution in [1.82, 2.24) is 5.43 Å². The van der Waals surface area contributed by atoms with Crippen molar-refractivity contribution in [2.75, 3.05) is 6.61 Å². The average Bonchev–Trinajstić information content (AvgIpc) is 2.44. The van der Waals surface area contributed by atoms with Crippen molar-refractivity contribution >= 4 is 0 Å². The lowest BCUT2D eigenvalue weighted by Crippen LogP contribution is -2.46. The van der Waals surface area contributed by atoms with Crippen molar-refractivity contribution in [2.45, 2.75) is 51.4 Å². The van der Waals surface area contributed by atoms with Gasteiger partial charge in [0.15, 0.2) is 0 Å². The first-order valence-corrected chi connectivity index (χ1v) is 7.16. The maximum Gasteiger partial charge on any atom is 0.416 e. The van der Waals surface area contributed by atoms with E-state index in [2.05, 4.69) is 12.3 Å². The number of benzene rings is 1. The number of rotatable bonds is 8. The molecule has 0 aliphatic carbocycles. The summed E-state index contributed by atoms with van der Waals surface area (Å²) in [6, 6.07) is 5.04. The third-order valence-corrected chi connectivity index (χ3v) is 3.35. The minimum atomic E-state index is -4.31. The zero-order valence-corrected chi connectivity index (χ0v) is 12.4. The molecule has 0 bridgehead atoms. The van der Waals surface area contributed by atoms with Gasteiger partial charge >= 0.3 is 6.18 Å². The summed E-state index contributed by atoms with van der Waals surface area (Å²) in [5.41, 5.74) is 2.88. The van der Waals surface area contributed by atoms with Gasteiger partial charge in [-0.2, -0.15) is 13.2 Å². The molecule has 2 atom stereocenters. The topological polar surface area (TPSA) is 47.3 Å². The lowest BCUT2D eigenvalue weighted by Gasteiger charge is -2.26. The first-order chi connectivity index (χ1) is 9.92. The van der Waals surface area contributed by atoms with E-state index in [1.54, 1.807) is 0 Å². The van der Waals surface area contributed by atoms with E-state index < -0.39 is 11.7 Å². The Morgan fingerprint density at radius 1 is 1.19 bits per heavy atom. The lowest BCUT2D eigenvalue weighted by molar-refractivity contribution is -0.137. The highest BCUT2D eigenvalue weighted by Crippen LogP contribution is 2.29. The van der Waals surface area contributed by atoms with Crippen molar-refractivity contribution in [1.29, 1.82) is 0 Å². The SMILES string of the molecule is CCCC(OCC)C(Cc1ccc(C(F)(F)F)cc1)NN. The van der Waals surface area contributed by atoms with Crippen LogP contribution in [-0.4, -0.2) is 18.8 Å². The van der Waals surface area contributed by atoms with Gasteiger partial charge in [-0.05, 0) is 37.5 Å². The molecule has 120 valence electrons. The van der Waals surface area contributed by atoms with E-state index in [0.29, 0.717) is 13.0 Å². The van der Waals surface area contributed by atoms with E-state index in [4.69, 9.17) is 10.6 Å². The summed E-state index contributed by atoms with van der Waals surface area (Å²) in [6.07, 6.45) is -2.02. The fourth-order valence-corrected chi connectivity index (χ4v) is 2.28. The van der Waals surface area contributed by atoms with Crippen LogP contribution in [0.15, 0.2) is 24.3 Å². The Bertz CT molecular complexity index is 400. The number of hydrazine groups is 1. The Kier molecular flexibility index (Phi) is 7.14. The molecule has 0 amide bonds. The molecule has 1 rings (SSSR count). The molecule has 0 spiro atoms. The van der Waals surface area contributed by atoms with Crippen LogP contribution < -0.4 is 11.3 Å². The summed E-state index contributed by atoms with van der Waals surface area (Å²) in [6.45, 7) is 4.54. The van der Waals surface area contributed by atoms with Gasteiger partial charge in [-0.3, -0.25) is 11.3 Å². The molecule has 0 aliphatic heterocycles. The fraction of sp³-hybridized carbons (Fsp3) is 0.600. The number of ether oxygens (including phenoxy) is 1. The molecule has 0 aromatic heterocycles. The monoisotopic (exact) mass is 304 g/mol. The maximum absolute atomic E-state index is 12.5. The summed E-state index contributed by atoms with van der Waals surface area (Å²) < 4.78 is 43.2.